The first kappa shape index (κ1) is 24.1. The molecule has 1 aromatic heterocycles. The summed E-state index contributed by atoms with van der Waals surface area (Å²) in [6, 6.07) is 23.5. The Labute approximate surface area is 218 Å². The van der Waals surface area contributed by atoms with E-state index in [2.05, 4.69) is 17.0 Å². The third-order valence-electron chi connectivity index (χ3n) is 6.24. The van der Waals surface area contributed by atoms with Gasteiger partial charge in [0.25, 0.3) is 11.8 Å². The highest BCUT2D eigenvalue weighted by atomic mass is 35.5. The zero-order chi connectivity index (χ0) is 25.4. The van der Waals surface area contributed by atoms with Crippen LogP contribution in [0.3, 0.4) is 0 Å². The minimum atomic E-state index is -0.411. The highest BCUT2D eigenvalue weighted by molar-refractivity contribution is 7.17. The second-order valence-electron chi connectivity index (χ2n) is 8.80. The van der Waals surface area contributed by atoms with Gasteiger partial charge in [0, 0.05) is 28.6 Å². The number of rotatable bonds is 7. The third-order valence-corrected chi connectivity index (χ3v) is 7.63. The minimum Gasteiger partial charge on any atom is -0.298 e. The Morgan fingerprint density at radius 2 is 1.44 bits per heavy atom. The summed E-state index contributed by atoms with van der Waals surface area (Å²) in [4.78, 5) is 44.7. The highest BCUT2D eigenvalue weighted by Crippen LogP contribution is 2.41. The standard InChI is InChI=1S/C29H23ClN2O3S/c1-18-24(17-31(2)16-19-8-4-3-5-9-19)25(26(33)20-12-14-21(30)15-13-20)29(36-18)32-27(34)22-10-6-7-11-23(22)28(32)35/h3-15H,16-17H2,1-2H3. The zero-order valence-electron chi connectivity index (χ0n) is 19.8. The first-order valence-corrected chi connectivity index (χ1v) is 12.7. The maximum absolute atomic E-state index is 13.9. The number of halogens is 1. The molecule has 0 atom stereocenters. The van der Waals surface area contributed by atoms with E-state index in [0.717, 1.165) is 20.9 Å². The van der Waals surface area contributed by atoms with E-state index in [1.54, 1.807) is 48.5 Å². The molecule has 0 bridgehead atoms. The van der Waals surface area contributed by atoms with Gasteiger partial charge in [0.05, 0.1) is 16.7 Å². The van der Waals surface area contributed by atoms with Crippen LogP contribution in [0.5, 0.6) is 0 Å². The molecule has 1 aliphatic heterocycles. The molecule has 5 nitrogen and oxygen atoms in total. The normalized spacial score (nSPS) is 12.9. The number of thiophene rings is 1. The first-order chi connectivity index (χ1) is 17.3. The van der Waals surface area contributed by atoms with E-state index in [4.69, 9.17) is 11.6 Å². The molecule has 4 aromatic rings. The molecule has 0 fully saturated rings. The van der Waals surface area contributed by atoms with Crippen molar-refractivity contribution < 1.29 is 14.4 Å². The first-order valence-electron chi connectivity index (χ1n) is 11.5. The van der Waals surface area contributed by atoms with Crippen molar-refractivity contribution in [2.75, 3.05) is 11.9 Å². The number of carbonyl (C=O) groups is 3. The topological polar surface area (TPSA) is 57.7 Å². The number of imide groups is 1. The lowest BCUT2D eigenvalue weighted by atomic mass is 9.99. The van der Waals surface area contributed by atoms with Crippen LogP contribution in [-0.2, 0) is 13.1 Å². The summed E-state index contributed by atoms with van der Waals surface area (Å²) in [5.74, 6) is -1.07. The van der Waals surface area contributed by atoms with Crippen LogP contribution < -0.4 is 4.90 Å². The van der Waals surface area contributed by atoms with Gasteiger partial charge in [-0.1, -0.05) is 54.1 Å². The largest absolute Gasteiger partial charge is 0.298 e. The van der Waals surface area contributed by atoms with Crippen LogP contribution in [-0.4, -0.2) is 29.5 Å². The van der Waals surface area contributed by atoms with Gasteiger partial charge in [-0.05, 0) is 61.5 Å². The average Bonchev–Trinajstić information content (AvgIpc) is 3.32. The fourth-order valence-corrected chi connectivity index (χ4v) is 5.77. The van der Waals surface area contributed by atoms with Gasteiger partial charge >= 0.3 is 0 Å². The fourth-order valence-electron chi connectivity index (χ4n) is 4.48. The molecular formula is C29H23ClN2O3S. The summed E-state index contributed by atoms with van der Waals surface area (Å²) in [5.41, 5.74) is 3.49. The molecule has 0 aliphatic carbocycles. The quantitative estimate of drug-likeness (QED) is 0.212. The molecular weight excluding hydrogens is 492 g/mol. The zero-order valence-corrected chi connectivity index (χ0v) is 21.4. The van der Waals surface area contributed by atoms with E-state index in [1.165, 1.54) is 11.3 Å². The van der Waals surface area contributed by atoms with Crippen LogP contribution in [0.15, 0.2) is 78.9 Å². The molecule has 0 unspecified atom stereocenters. The summed E-state index contributed by atoms with van der Waals surface area (Å²) in [6.45, 7) is 3.10. The molecule has 0 N–H and O–H groups in total. The predicted molar refractivity (Wildman–Crippen MR) is 143 cm³/mol. The number of ketones is 1. The van der Waals surface area contributed by atoms with E-state index in [9.17, 15) is 14.4 Å². The SMILES string of the molecule is Cc1sc(N2C(=O)c3ccccc3C2=O)c(C(=O)c2ccc(Cl)cc2)c1CN(C)Cc1ccccc1. The highest BCUT2D eigenvalue weighted by Gasteiger charge is 2.40. The minimum absolute atomic E-state index is 0.245. The smallest absolute Gasteiger partial charge is 0.266 e. The van der Waals surface area contributed by atoms with Gasteiger partial charge in [-0.15, -0.1) is 11.3 Å². The Bertz CT molecular complexity index is 1440. The Morgan fingerprint density at radius 3 is 2.06 bits per heavy atom. The molecule has 180 valence electrons. The maximum atomic E-state index is 13.9. The van der Waals surface area contributed by atoms with E-state index >= 15 is 0 Å². The van der Waals surface area contributed by atoms with Gasteiger partial charge in [0.2, 0.25) is 0 Å². The number of nitrogens with zero attached hydrogens (tertiary/aromatic N) is 2. The van der Waals surface area contributed by atoms with Crippen molar-refractivity contribution in [2.45, 2.75) is 20.0 Å². The van der Waals surface area contributed by atoms with Crippen LogP contribution in [0.1, 0.15) is 52.6 Å². The molecule has 0 saturated carbocycles. The molecule has 0 spiro atoms. The second kappa shape index (κ2) is 9.82. The Hall–Kier alpha value is -3.58. The molecule has 5 rings (SSSR count). The van der Waals surface area contributed by atoms with Crippen molar-refractivity contribution in [3.8, 4) is 0 Å². The Balaban J connectivity index is 1.59. The Morgan fingerprint density at radius 1 is 0.861 bits per heavy atom. The lowest BCUT2D eigenvalue weighted by Gasteiger charge is -2.19. The molecule has 36 heavy (non-hydrogen) atoms. The molecule has 0 saturated heterocycles. The summed E-state index contributed by atoms with van der Waals surface area (Å²) < 4.78 is 0. The van der Waals surface area contributed by atoms with Gasteiger partial charge in [0.15, 0.2) is 5.78 Å². The number of aryl methyl sites for hydroxylation is 1. The van der Waals surface area contributed by atoms with E-state index in [-0.39, 0.29) is 5.78 Å². The molecule has 2 amide bonds. The van der Waals surface area contributed by atoms with E-state index in [0.29, 0.717) is 45.4 Å². The number of fused-ring (bicyclic) bond motifs is 1. The van der Waals surface area contributed by atoms with Crippen molar-refractivity contribution in [3.05, 3.63) is 122 Å². The number of anilines is 1. The van der Waals surface area contributed by atoms with Crippen LogP contribution in [0.25, 0.3) is 0 Å². The van der Waals surface area contributed by atoms with Crippen molar-refractivity contribution in [1.29, 1.82) is 0 Å². The molecule has 1 aliphatic rings. The summed E-state index contributed by atoms with van der Waals surface area (Å²) in [6.07, 6.45) is 0. The summed E-state index contributed by atoms with van der Waals surface area (Å²) in [7, 11) is 1.99. The molecule has 2 heterocycles. The Kier molecular flexibility index (Phi) is 6.58. The number of hydrogen-bond donors (Lipinski definition) is 0. The fraction of sp³-hybridized carbons (Fsp3) is 0.138. The van der Waals surface area contributed by atoms with Gasteiger partial charge in [-0.3, -0.25) is 19.3 Å². The van der Waals surface area contributed by atoms with Crippen molar-refractivity contribution in [1.82, 2.24) is 4.90 Å². The number of hydrogen-bond acceptors (Lipinski definition) is 5. The van der Waals surface area contributed by atoms with Gasteiger partial charge in [-0.25, -0.2) is 4.90 Å². The lowest BCUT2D eigenvalue weighted by molar-refractivity contribution is 0.0927. The van der Waals surface area contributed by atoms with Crippen molar-refractivity contribution in [3.63, 3.8) is 0 Å². The van der Waals surface area contributed by atoms with Crippen LogP contribution in [0.2, 0.25) is 5.02 Å². The van der Waals surface area contributed by atoms with Crippen molar-refractivity contribution >= 4 is 45.5 Å². The van der Waals surface area contributed by atoms with Gasteiger partial charge < -0.3 is 0 Å². The maximum Gasteiger partial charge on any atom is 0.266 e. The molecule has 3 aromatic carbocycles. The second-order valence-corrected chi connectivity index (χ2v) is 10.4. The van der Waals surface area contributed by atoms with Crippen LogP contribution in [0.4, 0.5) is 5.00 Å². The van der Waals surface area contributed by atoms with E-state index < -0.39 is 11.8 Å². The summed E-state index contributed by atoms with van der Waals surface area (Å²) >= 11 is 7.36. The van der Waals surface area contributed by atoms with Gasteiger partial charge in [-0.2, -0.15) is 0 Å². The lowest BCUT2D eigenvalue weighted by Crippen LogP contribution is -2.30. The average molecular weight is 515 g/mol. The summed E-state index contributed by atoms with van der Waals surface area (Å²) in [5, 5.41) is 0.887. The molecule has 7 heteroatoms. The number of benzene rings is 3. The van der Waals surface area contributed by atoms with Gasteiger partial charge in [0.1, 0.15) is 5.00 Å². The van der Waals surface area contributed by atoms with Crippen molar-refractivity contribution in [2.24, 2.45) is 0 Å². The van der Waals surface area contributed by atoms with E-state index in [1.807, 2.05) is 32.2 Å². The third kappa shape index (κ3) is 4.39. The number of amides is 2. The van der Waals surface area contributed by atoms with Crippen LogP contribution in [0, 0.1) is 6.92 Å². The number of carbonyl (C=O) groups excluding carboxylic acids is 3. The molecule has 0 radical (unpaired) electrons. The van der Waals surface area contributed by atoms with Crippen LogP contribution >= 0.6 is 22.9 Å². The predicted octanol–water partition coefficient (Wildman–Crippen LogP) is 6.37. The monoisotopic (exact) mass is 514 g/mol.